The highest BCUT2D eigenvalue weighted by Crippen LogP contribution is 2.14. The molecule has 0 heteroatoms. The van der Waals surface area contributed by atoms with Gasteiger partial charge in [0.15, 0.2) is 0 Å². The molecule has 0 atom stereocenters. The fourth-order valence-electron chi connectivity index (χ4n) is 1.67. The number of rotatable bonds is 5. The molecule has 0 unspecified atom stereocenters. The van der Waals surface area contributed by atoms with Crippen molar-refractivity contribution in [3.63, 3.8) is 0 Å². The molecule has 0 bridgehead atoms. The summed E-state index contributed by atoms with van der Waals surface area (Å²) >= 11 is 0. The second-order valence-corrected chi connectivity index (χ2v) is 3.66. The van der Waals surface area contributed by atoms with E-state index in [0.717, 1.165) is 0 Å². The van der Waals surface area contributed by atoms with Crippen molar-refractivity contribution >= 4 is 6.08 Å². The number of hydrogen-bond donors (Lipinski definition) is 0. The van der Waals surface area contributed by atoms with E-state index in [1.165, 1.54) is 36.8 Å². The van der Waals surface area contributed by atoms with Gasteiger partial charge in [0.2, 0.25) is 0 Å². The van der Waals surface area contributed by atoms with E-state index in [0.29, 0.717) is 0 Å². The first-order valence-electron chi connectivity index (χ1n) is 5.59. The van der Waals surface area contributed by atoms with Gasteiger partial charge in [-0.15, -0.1) is 0 Å². The van der Waals surface area contributed by atoms with Gasteiger partial charge in [0, 0.05) is 0 Å². The average Bonchev–Trinajstić information content (AvgIpc) is 2.21. The summed E-state index contributed by atoms with van der Waals surface area (Å²) in [5, 5.41) is 0. The second kappa shape index (κ2) is 6.42. The first-order valence-corrected chi connectivity index (χ1v) is 5.59. The lowest BCUT2D eigenvalue weighted by Crippen LogP contribution is -1.89. The molecule has 0 fully saturated rings. The number of allylic oxidation sites excluding steroid dienone is 1. The second-order valence-electron chi connectivity index (χ2n) is 3.66. The topological polar surface area (TPSA) is 0 Å². The Morgan fingerprint density at radius 2 is 1.93 bits per heavy atom. The van der Waals surface area contributed by atoms with Crippen LogP contribution in [0.2, 0.25) is 0 Å². The molecule has 0 saturated heterocycles. The Morgan fingerprint density at radius 1 is 1.14 bits per heavy atom. The molecule has 76 valence electrons. The lowest BCUT2D eigenvalue weighted by Gasteiger charge is -2.04. The molecule has 0 heterocycles. The van der Waals surface area contributed by atoms with E-state index in [2.05, 4.69) is 50.3 Å². The van der Waals surface area contributed by atoms with Gasteiger partial charge in [-0.3, -0.25) is 0 Å². The van der Waals surface area contributed by atoms with E-state index in [4.69, 9.17) is 0 Å². The van der Waals surface area contributed by atoms with Crippen LogP contribution in [0.15, 0.2) is 30.3 Å². The molecular weight excluding hydrogens is 168 g/mol. The smallest absolute Gasteiger partial charge is 0.0228 e. The summed E-state index contributed by atoms with van der Waals surface area (Å²) in [6.07, 6.45) is 9.47. The number of unbranched alkanes of at least 4 members (excludes halogenated alkanes) is 2. The summed E-state index contributed by atoms with van der Waals surface area (Å²) in [5.41, 5.74) is 2.87. The molecule has 1 aromatic rings. The third-order valence-corrected chi connectivity index (χ3v) is 2.45. The maximum atomic E-state index is 2.25. The standard InChI is InChI=1S/C14H20/c1-3-5-6-10-14-12-8-7-11-13(14)9-4-2/h4,7-9,11-12H,3,5-6,10H2,1-2H3/b9-4+. The van der Waals surface area contributed by atoms with Crippen molar-refractivity contribution in [1.82, 2.24) is 0 Å². The molecule has 14 heavy (non-hydrogen) atoms. The van der Waals surface area contributed by atoms with Crippen molar-refractivity contribution in [3.8, 4) is 0 Å². The first kappa shape index (κ1) is 11.0. The minimum atomic E-state index is 1.22. The van der Waals surface area contributed by atoms with Crippen LogP contribution in [0.5, 0.6) is 0 Å². The molecule has 0 saturated carbocycles. The van der Waals surface area contributed by atoms with Crippen LogP contribution in [0.3, 0.4) is 0 Å². The third kappa shape index (κ3) is 3.37. The largest absolute Gasteiger partial charge is 0.0871 e. The van der Waals surface area contributed by atoms with E-state index in [-0.39, 0.29) is 0 Å². The van der Waals surface area contributed by atoms with Gasteiger partial charge in [0.1, 0.15) is 0 Å². The molecule has 1 rings (SSSR count). The van der Waals surface area contributed by atoms with E-state index >= 15 is 0 Å². The Morgan fingerprint density at radius 3 is 2.64 bits per heavy atom. The van der Waals surface area contributed by atoms with Gasteiger partial charge in [0.05, 0.1) is 0 Å². The number of aryl methyl sites for hydroxylation is 1. The number of benzene rings is 1. The van der Waals surface area contributed by atoms with Crippen LogP contribution in [-0.2, 0) is 6.42 Å². The molecule has 0 amide bonds. The summed E-state index contributed by atoms with van der Waals surface area (Å²) in [6, 6.07) is 8.68. The van der Waals surface area contributed by atoms with Gasteiger partial charge >= 0.3 is 0 Å². The van der Waals surface area contributed by atoms with Crippen LogP contribution in [0.4, 0.5) is 0 Å². The first-order chi connectivity index (χ1) is 6.88. The van der Waals surface area contributed by atoms with E-state index in [1.807, 2.05) is 0 Å². The molecule has 0 aliphatic heterocycles. The zero-order chi connectivity index (χ0) is 10.2. The van der Waals surface area contributed by atoms with Crippen molar-refractivity contribution in [2.24, 2.45) is 0 Å². The maximum Gasteiger partial charge on any atom is -0.0228 e. The van der Waals surface area contributed by atoms with Gasteiger partial charge in [-0.2, -0.15) is 0 Å². The Labute approximate surface area is 87.7 Å². The van der Waals surface area contributed by atoms with E-state index in [1.54, 1.807) is 0 Å². The average molecular weight is 188 g/mol. The van der Waals surface area contributed by atoms with Crippen LogP contribution < -0.4 is 0 Å². The van der Waals surface area contributed by atoms with Crippen molar-refractivity contribution in [2.75, 3.05) is 0 Å². The van der Waals surface area contributed by atoms with Crippen molar-refractivity contribution in [2.45, 2.75) is 39.5 Å². The Hall–Kier alpha value is -1.04. The van der Waals surface area contributed by atoms with Crippen LogP contribution in [0.25, 0.3) is 6.08 Å². The molecule has 0 nitrogen and oxygen atoms in total. The summed E-state index contributed by atoms with van der Waals surface area (Å²) in [7, 11) is 0. The fourth-order valence-corrected chi connectivity index (χ4v) is 1.67. The van der Waals surface area contributed by atoms with Crippen LogP contribution in [0.1, 0.15) is 44.2 Å². The molecule has 0 aliphatic rings. The van der Waals surface area contributed by atoms with Gasteiger partial charge in [-0.05, 0) is 30.9 Å². The summed E-state index contributed by atoms with van der Waals surface area (Å²) in [6.45, 7) is 4.32. The van der Waals surface area contributed by atoms with Crippen molar-refractivity contribution < 1.29 is 0 Å². The SMILES string of the molecule is C/C=C/c1ccccc1CCCCC. The van der Waals surface area contributed by atoms with Crippen LogP contribution >= 0.6 is 0 Å². The molecular formula is C14H20. The quantitative estimate of drug-likeness (QED) is 0.599. The van der Waals surface area contributed by atoms with E-state index < -0.39 is 0 Å². The van der Waals surface area contributed by atoms with Crippen molar-refractivity contribution in [3.05, 3.63) is 41.5 Å². The molecule has 1 aromatic carbocycles. The highest BCUT2D eigenvalue weighted by atomic mass is 14.0. The third-order valence-electron chi connectivity index (χ3n) is 2.45. The zero-order valence-corrected chi connectivity index (χ0v) is 9.29. The predicted octanol–water partition coefficient (Wildman–Crippen LogP) is 4.45. The predicted molar refractivity (Wildman–Crippen MR) is 64.4 cm³/mol. The minimum absolute atomic E-state index is 1.22. The van der Waals surface area contributed by atoms with Gasteiger partial charge in [-0.25, -0.2) is 0 Å². The molecule has 0 N–H and O–H groups in total. The minimum Gasteiger partial charge on any atom is -0.0871 e. The molecule has 0 radical (unpaired) electrons. The van der Waals surface area contributed by atoms with E-state index in [9.17, 15) is 0 Å². The van der Waals surface area contributed by atoms with Crippen molar-refractivity contribution in [1.29, 1.82) is 0 Å². The normalized spacial score (nSPS) is 11.0. The highest BCUT2D eigenvalue weighted by molar-refractivity contribution is 5.53. The molecule has 0 aliphatic carbocycles. The summed E-state index contributed by atoms with van der Waals surface area (Å²) in [5.74, 6) is 0. The summed E-state index contributed by atoms with van der Waals surface area (Å²) < 4.78 is 0. The Kier molecular flexibility index (Phi) is 5.06. The maximum absolute atomic E-state index is 2.25. The van der Waals surface area contributed by atoms with Crippen LogP contribution in [0, 0.1) is 0 Å². The lowest BCUT2D eigenvalue weighted by molar-refractivity contribution is 0.717. The summed E-state index contributed by atoms with van der Waals surface area (Å²) in [4.78, 5) is 0. The lowest BCUT2D eigenvalue weighted by atomic mass is 10.0. The highest BCUT2D eigenvalue weighted by Gasteiger charge is 1.97. The zero-order valence-electron chi connectivity index (χ0n) is 9.29. The number of hydrogen-bond acceptors (Lipinski definition) is 0. The monoisotopic (exact) mass is 188 g/mol. The Balaban J connectivity index is 2.64. The molecule has 0 spiro atoms. The van der Waals surface area contributed by atoms with Gasteiger partial charge in [-0.1, -0.05) is 56.2 Å². The van der Waals surface area contributed by atoms with Crippen LogP contribution in [-0.4, -0.2) is 0 Å². The van der Waals surface area contributed by atoms with Gasteiger partial charge in [0.25, 0.3) is 0 Å². The van der Waals surface area contributed by atoms with Gasteiger partial charge < -0.3 is 0 Å². The Bertz CT molecular complexity index is 284. The molecule has 0 aromatic heterocycles. The fraction of sp³-hybridized carbons (Fsp3) is 0.429.